The number of hydrogen-bond donors (Lipinski definition) is 2. The number of rotatable bonds is 4. The van der Waals surface area contributed by atoms with Gasteiger partial charge in [-0.15, -0.1) is 0 Å². The lowest BCUT2D eigenvalue weighted by atomic mass is 10.2. The maximum Gasteiger partial charge on any atom is 0.271 e. The van der Waals surface area contributed by atoms with Gasteiger partial charge >= 0.3 is 0 Å². The van der Waals surface area contributed by atoms with E-state index < -0.39 is 0 Å². The van der Waals surface area contributed by atoms with Crippen molar-refractivity contribution in [2.75, 3.05) is 11.5 Å². The number of amides is 1. The molecule has 1 fully saturated rings. The Hall–Kier alpha value is -1.17. The van der Waals surface area contributed by atoms with Gasteiger partial charge in [0.25, 0.3) is 5.91 Å². The van der Waals surface area contributed by atoms with E-state index in [1.807, 2.05) is 11.8 Å². The van der Waals surface area contributed by atoms with Crippen LogP contribution in [-0.4, -0.2) is 32.7 Å². The number of anilines is 1. The van der Waals surface area contributed by atoms with E-state index in [0.29, 0.717) is 16.6 Å². The third-order valence-electron chi connectivity index (χ3n) is 3.33. The first-order valence-corrected chi connectivity index (χ1v) is 7.38. The lowest BCUT2D eigenvalue weighted by Gasteiger charge is -2.20. The third-order valence-corrected chi connectivity index (χ3v) is 4.66. The average molecular weight is 268 g/mol. The molecule has 1 heterocycles. The number of aromatic nitrogens is 2. The minimum atomic E-state index is -0.110. The van der Waals surface area contributed by atoms with E-state index in [1.165, 1.54) is 23.7 Å². The molecule has 100 valence electrons. The molecule has 1 aromatic rings. The van der Waals surface area contributed by atoms with Crippen LogP contribution in [0.25, 0.3) is 0 Å². The average Bonchev–Trinajstić information content (AvgIpc) is 2.87. The monoisotopic (exact) mass is 268 g/mol. The summed E-state index contributed by atoms with van der Waals surface area (Å²) in [5.74, 6) is 0.978. The summed E-state index contributed by atoms with van der Waals surface area (Å²) >= 11 is 1.93. The van der Waals surface area contributed by atoms with Gasteiger partial charge in [0.05, 0.1) is 11.9 Å². The van der Waals surface area contributed by atoms with E-state index in [2.05, 4.69) is 17.3 Å². The number of carbonyl (C=O) groups is 1. The van der Waals surface area contributed by atoms with E-state index in [-0.39, 0.29) is 11.9 Å². The second-order valence-electron chi connectivity index (χ2n) is 4.58. The molecule has 1 amide bonds. The van der Waals surface area contributed by atoms with Crippen LogP contribution in [0.15, 0.2) is 6.20 Å². The molecule has 6 heteroatoms. The number of aryl methyl sites for hydroxylation is 1. The van der Waals surface area contributed by atoms with Gasteiger partial charge in [-0.2, -0.15) is 16.9 Å². The molecule has 0 bridgehead atoms. The summed E-state index contributed by atoms with van der Waals surface area (Å²) in [6, 6.07) is 0.261. The molecule has 1 saturated carbocycles. The van der Waals surface area contributed by atoms with E-state index in [4.69, 9.17) is 5.73 Å². The molecular formula is C12H20N4OS. The Balaban J connectivity index is 2.03. The van der Waals surface area contributed by atoms with Crippen LogP contribution >= 0.6 is 11.8 Å². The fourth-order valence-corrected chi connectivity index (χ4v) is 3.67. The van der Waals surface area contributed by atoms with Crippen molar-refractivity contribution >= 4 is 23.4 Å². The van der Waals surface area contributed by atoms with Crippen LogP contribution in [-0.2, 0) is 7.05 Å². The van der Waals surface area contributed by atoms with Crippen LogP contribution in [0.1, 0.15) is 36.7 Å². The Bertz CT molecular complexity index is 412. The van der Waals surface area contributed by atoms with Gasteiger partial charge < -0.3 is 11.1 Å². The zero-order valence-corrected chi connectivity index (χ0v) is 11.7. The lowest BCUT2D eigenvalue weighted by molar-refractivity contribution is 0.0930. The Morgan fingerprint density at radius 3 is 3.06 bits per heavy atom. The molecule has 0 saturated heterocycles. The van der Waals surface area contributed by atoms with Gasteiger partial charge in [-0.05, 0) is 18.6 Å². The molecule has 0 spiro atoms. The zero-order valence-electron chi connectivity index (χ0n) is 10.8. The SMILES string of the molecule is CCSC1CCCC1NC(=O)c1c(N)cnn1C. The predicted octanol–water partition coefficient (Wildman–Crippen LogP) is 1.41. The van der Waals surface area contributed by atoms with E-state index in [9.17, 15) is 4.79 Å². The summed E-state index contributed by atoms with van der Waals surface area (Å²) in [4.78, 5) is 12.2. The molecule has 2 rings (SSSR count). The van der Waals surface area contributed by atoms with Crippen LogP contribution in [0.3, 0.4) is 0 Å². The lowest BCUT2D eigenvalue weighted by Crippen LogP contribution is -2.39. The van der Waals surface area contributed by atoms with Crippen molar-refractivity contribution in [2.45, 2.75) is 37.5 Å². The van der Waals surface area contributed by atoms with Gasteiger partial charge in [0, 0.05) is 18.3 Å². The van der Waals surface area contributed by atoms with Crippen LogP contribution in [0.2, 0.25) is 0 Å². The Kier molecular flexibility index (Phi) is 4.16. The fraction of sp³-hybridized carbons (Fsp3) is 0.667. The molecular weight excluding hydrogens is 248 g/mol. The van der Waals surface area contributed by atoms with E-state index in [1.54, 1.807) is 7.05 Å². The van der Waals surface area contributed by atoms with Crippen molar-refractivity contribution in [2.24, 2.45) is 7.05 Å². The van der Waals surface area contributed by atoms with Crippen molar-refractivity contribution in [1.29, 1.82) is 0 Å². The molecule has 1 aliphatic carbocycles. The Labute approximate surface area is 111 Å². The van der Waals surface area contributed by atoms with Crippen molar-refractivity contribution < 1.29 is 4.79 Å². The molecule has 1 aliphatic rings. The minimum Gasteiger partial charge on any atom is -0.396 e. The topological polar surface area (TPSA) is 72.9 Å². The van der Waals surface area contributed by atoms with Gasteiger partial charge in [0.15, 0.2) is 0 Å². The largest absolute Gasteiger partial charge is 0.396 e. The van der Waals surface area contributed by atoms with Gasteiger partial charge in [-0.3, -0.25) is 9.48 Å². The predicted molar refractivity (Wildman–Crippen MR) is 74.6 cm³/mol. The van der Waals surface area contributed by atoms with Gasteiger partial charge in [-0.1, -0.05) is 13.3 Å². The smallest absolute Gasteiger partial charge is 0.271 e. The van der Waals surface area contributed by atoms with Crippen LogP contribution in [0, 0.1) is 0 Å². The van der Waals surface area contributed by atoms with Crippen molar-refractivity contribution in [3.63, 3.8) is 0 Å². The van der Waals surface area contributed by atoms with Crippen molar-refractivity contribution in [3.05, 3.63) is 11.9 Å². The standard InChI is InChI=1S/C12H20N4OS/c1-3-18-10-6-4-5-9(10)15-12(17)11-8(13)7-14-16(11)2/h7,9-10H,3-6,13H2,1-2H3,(H,15,17). The first-order valence-electron chi connectivity index (χ1n) is 6.33. The second kappa shape index (κ2) is 5.65. The Morgan fingerprint density at radius 1 is 1.67 bits per heavy atom. The highest BCUT2D eigenvalue weighted by Gasteiger charge is 2.29. The molecule has 5 nitrogen and oxygen atoms in total. The van der Waals surface area contributed by atoms with Crippen LogP contribution < -0.4 is 11.1 Å². The molecule has 0 radical (unpaired) electrons. The number of nitrogens with one attached hydrogen (secondary N) is 1. The maximum absolute atomic E-state index is 12.2. The third kappa shape index (κ3) is 2.63. The molecule has 18 heavy (non-hydrogen) atoms. The number of nitrogen functional groups attached to an aromatic ring is 1. The second-order valence-corrected chi connectivity index (χ2v) is 6.09. The first kappa shape index (κ1) is 13.3. The Morgan fingerprint density at radius 2 is 2.44 bits per heavy atom. The normalized spacial score (nSPS) is 23.2. The highest BCUT2D eigenvalue weighted by Crippen LogP contribution is 2.30. The first-order chi connectivity index (χ1) is 8.63. The summed E-state index contributed by atoms with van der Waals surface area (Å²) in [5, 5.41) is 7.63. The van der Waals surface area contributed by atoms with Gasteiger partial charge in [0.1, 0.15) is 5.69 Å². The molecule has 2 unspecified atom stereocenters. The van der Waals surface area contributed by atoms with E-state index >= 15 is 0 Å². The van der Waals surface area contributed by atoms with Crippen molar-refractivity contribution in [3.8, 4) is 0 Å². The summed E-state index contributed by atoms with van der Waals surface area (Å²) in [6.45, 7) is 2.15. The quantitative estimate of drug-likeness (QED) is 0.866. The highest BCUT2D eigenvalue weighted by atomic mass is 32.2. The number of nitrogens with two attached hydrogens (primary N) is 1. The van der Waals surface area contributed by atoms with Gasteiger partial charge in [-0.25, -0.2) is 0 Å². The number of thioether (sulfide) groups is 1. The van der Waals surface area contributed by atoms with Crippen LogP contribution in [0.4, 0.5) is 5.69 Å². The number of nitrogens with zero attached hydrogens (tertiary/aromatic N) is 2. The van der Waals surface area contributed by atoms with E-state index in [0.717, 1.165) is 12.2 Å². The molecule has 0 aliphatic heterocycles. The summed E-state index contributed by atoms with van der Waals surface area (Å²) < 4.78 is 1.53. The molecule has 3 N–H and O–H groups in total. The van der Waals surface area contributed by atoms with Gasteiger partial charge in [0.2, 0.25) is 0 Å². The molecule has 0 aromatic carbocycles. The maximum atomic E-state index is 12.2. The summed E-state index contributed by atoms with van der Waals surface area (Å²) in [6.07, 6.45) is 4.94. The number of carbonyl (C=O) groups excluding carboxylic acids is 1. The minimum absolute atomic E-state index is 0.110. The summed E-state index contributed by atoms with van der Waals surface area (Å²) in [7, 11) is 1.73. The highest BCUT2D eigenvalue weighted by molar-refractivity contribution is 7.99. The fourth-order valence-electron chi connectivity index (χ4n) is 2.47. The molecule has 1 aromatic heterocycles. The van der Waals surface area contributed by atoms with Crippen LogP contribution in [0.5, 0.6) is 0 Å². The zero-order chi connectivity index (χ0) is 13.1. The summed E-state index contributed by atoms with van der Waals surface area (Å²) in [5.41, 5.74) is 6.66. The van der Waals surface area contributed by atoms with Crippen molar-refractivity contribution in [1.82, 2.24) is 15.1 Å². The number of hydrogen-bond acceptors (Lipinski definition) is 4. The molecule has 2 atom stereocenters.